The Hall–Kier alpha value is -0.870. The van der Waals surface area contributed by atoms with Crippen molar-refractivity contribution in [3.63, 3.8) is 0 Å². The molecule has 1 aliphatic heterocycles. The molecule has 1 heterocycles. The maximum absolute atomic E-state index is 12.2. The lowest BCUT2D eigenvalue weighted by atomic mass is 10.1. The van der Waals surface area contributed by atoms with Crippen LogP contribution in [0.25, 0.3) is 0 Å². The largest absolute Gasteiger partial charge is 0.313 e. The summed E-state index contributed by atoms with van der Waals surface area (Å²) >= 11 is 0. The first-order valence-corrected chi connectivity index (χ1v) is 8.37. The number of sulfone groups is 1. The maximum Gasteiger partial charge on any atom is 0.155 e. The summed E-state index contributed by atoms with van der Waals surface area (Å²) in [6.07, 6.45) is 3.28. The second-order valence-corrected chi connectivity index (χ2v) is 7.24. The topological polar surface area (TPSA) is 46.2 Å². The van der Waals surface area contributed by atoms with Gasteiger partial charge in [-0.05, 0) is 37.4 Å². The predicted octanol–water partition coefficient (Wildman–Crippen LogP) is 2.05. The van der Waals surface area contributed by atoms with E-state index in [-0.39, 0.29) is 17.5 Å². The number of hydrogen-bond acceptors (Lipinski definition) is 3. The zero-order valence-electron chi connectivity index (χ0n) is 10.9. The Morgan fingerprint density at radius 2 is 2.06 bits per heavy atom. The lowest BCUT2D eigenvalue weighted by molar-refractivity contribution is 0.423. The first-order chi connectivity index (χ1) is 8.57. The number of nitrogens with one attached hydrogen (secondary N) is 1. The van der Waals surface area contributed by atoms with Crippen LogP contribution in [-0.4, -0.2) is 26.8 Å². The van der Waals surface area contributed by atoms with E-state index in [1.807, 2.05) is 31.2 Å². The van der Waals surface area contributed by atoms with E-state index in [1.165, 1.54) is 0 Å². The van der Waals surface area contributed by atoms with E-state index < -0.39 is 9.84 Å². The van der Waals surface area contributed by atoms with Crippen LogP contribution in [0.2, 0.25) is 0 Å². The van der Waals surface area contributed by atoms with Crippen molar-refractivity contribution in [2.24, 2.45) is 0 Å². The van der Waals surface area contributed by atoms with Crippen LogP contribution in [0.4, 0.5) is 0 Å². The molecule has 100 valence electrons. The third-order valence-corrected chi connectivity index (χ3v) is 5.17. The smallest absolute Gasteiger partial charge is 0.155 e. The van der Waals surface area contributed by atoms with Crippen molar-refractivity contribution in [3.05, 3.63) is 35.4 Å². The lowest BCUT2D eigenvalue weighted by Crippen LogP contribution is -2.39. The van der Waals surface area contributed by atoms with Gasteiger partial charge in [-0.2, -0.15) is 0 Å². The number of benzene rings is 1. The van der Waals surface area contributed by atoms with Crippen LogP contribution in [0.1, 0.15) is 30.4 Å². The molecule has 1 unspecified atom stereocenters. The highest BCUT2D eigenvalue weighted by atomic mass is 32.2. The maximum atomic E-state index is 12.2. The van der Waals surface area contributed by atoms with Gasteiger partial charge in [0.15, 0.2) is 9.84 Å². The number of aryl methyl sites for hydroxylation is 1. The molecule has 2 rings (SSSR count). The zero-order valence-corrected chi connectivity index (χ0v) is 11.7. The molecule has 0 aromatic heterocycles. The fraction of sp³-hybridized carbons (Fsp3) is 0.571. The summed E-state index contributed by atoms with van der Waals surface area (Å²) in [7, 11) is -3.02. The van der Waals surface area contributed by atoms with Gasteiger partial charge in [0.1, 0.15) is 0 Å². The van der Waals surface area contributed by atoms with Crippen molar-refractivity contribution in [3.8, 4) is 0 Å². The van der Waals surface area contributed by atoms with E-state index >= 15 is 0 Å². The standard InChI is InChI=1S/C14H21NO2S/c1-12-6-2-3-7-13(12)10-18(16,17)11-14-8-4-5-9-15-14/h2-3,6-7,14-15H,4-5,8-11H2,1H3. The van der Waals surface area contributed by atoms with Crippen LogP contribution in [0.15, 0.2) is 24.3 Å². The van der Waals surface area contributed by atoms with Crippen LogP contribution >= 0.6 is 0 Å². The van der Waals surface area contributed by atoms with Crippen LogP contribution in [0.3, 0.4) is 0 Å². The molecule has 1 saturated heterocycles. The van der Waals surface area contributed by atoms with Gasteiger partial charge in [-0.15, -0.1) is 0 Å². The van der Waals surface area contributed by atoms with Gasteiger partial charge in [0.05, 0.1) is 11.5 Å². The van der Waals surface area contributed by atoms with E-state index in [0.717, 1.165) is 36.9 Å². The predicted molar refractivity (Wildman–Crippen MR) is 74.3 cm³/mol. The van der Waals surface area contributed by atoms with Gasteiger partial charge in [0, 0.05) is 6.04 Å². The molecule has 0 aliphatic carbocycles. The van der Waals surface area contributed by atoms with E-state index in [4.69, 9.17) is 0 Å². The van der Waals surface area contributed by atoms with E-state index in [9.17, 15) is 8.42 Å². The molecule has 18 heavy (non-hydrogen) atoms. The number of piperidine rings is 1. The molecule has 0 radical (unpaired) electrons. The summed E-state index contributed by atoms with van der Waals surface area (Å²) in [5.41, 5.74) is 1.98. The van der Waals surface area contributed by atoms with Crippen LogP contribution in [0.5, 0.6) is 0 Å². The molecule has 3 nitrogen and oxygen atoms in total. The fourth-order valence-electron chi connectivity index (χ4n) is 2.44. The highest BCUT2D eigenvalue weighted by Crippen LogP contribution is 2.15. The van der Waals surface area contributed by atoms with E-state index in [1.54, 1.807) is 0 Å². The molecule has 0 bridgehead atoms. The van der Waals surface area contributed by atoms with Crippen molar-refractivity contribution in [2.45, 2.75) is 38.0 Å². The second-order valence-electron chi connectivity index (χ2n) is 5.13. The normalized spacial score (nSPS) is 20.8. The quantitative estimate of drug-likeness (QED) is 0.908. The molecule has 1 aliphatic rings. The molecule has 1 aromatic rings. The third-order valence-electron chi connectivity index (χ3n) is 3.50. The molecule has 0 amide bonds. The van der Waals surface area contributed by atoms with Crippen molar-refractivity contribution in [1.29, 1.82) is 0 Å². The van der Waals surface area contributed by atoms with Crippen molar-refractivity contribution >= 4 is 9.84 Å². The molecule has 1 aromatic carbocycles. The Morgan fingerprint density at radius 3 is 2.72 bits per heavy atom. The van der Waals surface area contributed by atoms with Crippen molar-refractivity contribution in [1.82, 2.24) is 5.32 Å². The Kier molecular flexibility index (Phi) is 4.40. The Morgan fingerprint density at radius 1 is 1.28 bits per heavy atom. The van der Waals surface area contributed by atoms with Crippen LogP contribution in [-0.2, 0) is 15.6 Å². The van der Waals surface area contributed by atoms with Gasteiger partial charge < -0.3 is 5.32 Å². The zero-order chi connectivity index (χ0) is 13.0. The first kappa shape index (κ1) is 13.6. The minimum atomic E-state index is -3.02. The summed E-state index contributed by atoms with van der Waals surface area (Å²) in [6.45, 7) is 2.91. The Balaban J connectivity index is 2.01. The SMILES string of the molecule is Cc1ccccc1CS(=O)(=O)CC1CCCCN1. The van der Waals surface area contributed by atoms with Gasteiger partial charge in [-0.25, -0.2) is 8.42 Å². The minimum Gasteiger partial charge on any atom is -0.313 e. The Labute approximate surface area is 110 Å². The molecule has 0 spiro atoms. The molecule has 4 heteroatoms. The highest BCUT2D eigenvalue weighted by Gasteiger charge is 2.21. The highest BCUT2D eigenvalue weighted by molar-refractivity contribution is 7.90. The monoisotopic (exact) mass is 267 g/mol. The van der Waals surface area contributed by atoms with E-state index in [2.05, 4.69) is 5.32 Å². The lowest BCUT2D eigenvalue weighted by Gasteiger charge is -2.23. The molecule has 1 N–H and O–H groups in total. The summed E-state index contributed by atoms with van der Waals surface area (Å²) in [6, 6.07) is 7.85. The molecule has 0 saturated carbocycles. The number of rotatable bonds is 4. The average Bonchev–Trinajstić information content (AvgIpc) is 2.32. The van der Waals surface area contributed by atoms with Gasteiger partial charge in [-0.3, -0.25) is 0 Å². The average molecular weight is 267 g/mol. The molecular weight excluding hydrogens is 246 g/mol. The summed E-state index contributed by atoms with van der Waals surface area (Å²) in [5, 5.41) is 3.30. The number of hydrogen-bond donors (Lipinski definition) is 1. The first-order valence-electron chi connectivity index (χ1n) is 6.55. The molecular formula is C14H21NO2S. The van der Waals surface area contributed by atoms with Gasteiger partial charge in [0.25, 0.3) is 0 Å². The third kappa shape index (κ3) is 3.82. The molecule has 1 fully saturated rings. The second kappa shape index (κ2) is 5.85. The van der Waals surface area contributed by atoms with Gasteiger partial charge >= 0.3 is 0 Å². The van der Waals surface area contributed by atoms with Crippen molar-refractivity contribution in [2.75, 3.05) is 12.3 Å². The summed E-state index contributed by atoms with van der Waals surface area (Å²) in [4.78, 5) is 0. The fourth-order valence-corrected chi connectivity index (χ4v) is 4.25. The molecule has 1 atom stereocenters. The van der Waals surface area contributed by atoms with Gasteiger partial charge in [-0.1, -0.05) is 30.7 Å². The van der Waals surface area contributed by atoms with Crippen LogP contribution in [0, 0.1) is 6.92 Å². The van der Waals surface area contributed by atoms with E-state index in [0.29, 0.717) is 0 Å². The van der Waals surface area contributed by atoms with Crippen molar-refractivity contribution < 1.29 is 8.42 Å². The minimum absolute atomic E-state index is 0.146. The summed E-state index contributed by atoms with van der Waals surface area (Å²) in [5.74, 6) is 0.430. The summed E-state index contributed by atoms with van der Waals surface area (Å²) < 4.78 is 24.4. The van der Waals surface area contributed by atoms with Gasteiger partial charge in [0.2, 0.25) is 0 Å². The van der Waals surface area contributed by atoms with Crippen LogP contribution < -0.4 is 5.32 Å². The Bertz CT molecular complexity index is 490.